The number of hydrogen-bond donors (Lipinski definition) is 4. The van der Waals surface area contributed by atoms with Crippen LogP contribution < -0.4 is 10.6 Å². The summed E-state index contributed by atoms with van der Waals surface area (Å²) in [6, 6.07) is 12.0. The number of hydrogen-bond acceptors (Lipinski definition) is 8. The Balaban J connectivity index is 1.49. The molecule has 2 atom stereocenters. The maximum absolute atomic E-state index is 14.5. The molecule has 1 saturated heterocycles. The van der Waals surface area contributed by atoms with Gasteiger partial charge in [0.1, 0.15) is 11.9 Å². The molecule has 1 unspecified atom stereocenters. The molecule has 12 heteroatoms. The molecule has 1 aromatic heterocycles. The first-order chi connectivity index (χ1) is 20.1. The molecule has 1 aliphatic carbocycles. The van der Waals surface area contributed by atoms with Crippen molar-refractivity contribution in [3.8, 4) is 6.07 Å². The molecule has 1 fully saturated rings. The quantitative estimate of drug-likeness (QED) is 0.281. The van der Waals surface area contributed by atoms with Crippen LogP contribution in [0, 0.1) is 17.1 Å². The summed E-state index contributed by atoms with van der Waals surface area (Å²) in [6.07, 6.45) is 2.99. The lowest BCUT2D eigenvalue weighted by atomic mass is 9.69. The molecule has 2 aliphatic rings. The van der Waals surface area contributed by atoms with Crippen molar-refractivity contribution in [1.29, 1.82) is 5.26 Å². The van der Waals surface area contributed by atoms with Gasteiger partial charge in [-0.15, -0.1) is 10.2 Å². The van der Waals surface area contributed by atoms with Crippen LogP contribution in [0.25, 0.3) is 0 Å². The van der Waals surface area contributed by atoms with Gasteiger partial charge in [0.25, 0.3) is 5.91 Å². The molecule has 0 saturated carbocycles. The van der Waals surface area contributed by atoms with Crippen LogP contribution in [0.1, 0.15) is 71.5 Å². The number of benzene rings is 2. The number of rotatable bonds is 9. The van der Waals surface area contributed by atoms with Gasteiger partial charge in [-0.25, -0.2) is 4.39 Å². The number of likely N-dealkylation sites (tertiary alicyclic amines) is 1. The van der Waals surface area contributed by atoms with Gasteiger partial charge in [0.2, 0.25) is 5.91 Å². The molecule has 42 heavy (non-hydrogen) atoms. The molecule has 220 valence electrons. The molecule has 2 aromatic carbocycles. The van der Waals surface area contributed by atoms with Gasteiger partial charge in [-0.05, 0) is 99.0 Å². The van der Waals surface area contributed by atoms with Crippen molar-refractivity contribution < 1.29 is 19.1 Å². The van der Waals surface area contributed by atoms with Crippen LogP contribution in [0.4, 0.5) is 4.39 Å². The molecule has 5 rings (SSSR count). The SMILES string of the molecule is CC(C)(O)CNC(=O)c1ccc2c(c1)CCc1cc(F)ccc1C2(CCNCC(=O)N1CCC[C@H]1C#N)c1nn[nH]n1. The topological polar surface area (TPSA) is 160 Å². The highest BCUT2D eigenvalue weighted by atomic mass is 19.1. The minimum atomic E-state index is -1.06. The Kier molecular flexibility index (Phi) is 8.34. The Hall–Kier alpha value is -4.21. The zero-order valence-electron chi connectivity index (χ0n) is 23.8. The van der Waals surface area contributed by atoms with Crippen LogP contribution in [0.15, 0.2) is 36.4 Å². The number of nitriles is 1. The second-order valence-corrected chi connectivity index (χ2v) is 11.6. The van der Waals surface area contributed by atoms with Gasteiger partial charge in [-0.3, -0.25) is 9.59 Å². The zero-order chi connectivity index (χ0) is 29.9. The fraction of sp³-hybridized carbons (Fsp3) is 0.467. The van der Waals surface area contributed by atoms with Gasteiger partial charge in [0, 0.05) is 18.7 Å². The van der Waals surface area contributed by atoms with Crippen molar-refractivity contribution in [3.05, 3.63) is 75.9 Å². The molecule has 11 nitrogen and oxygen atoms in total. The molecule has 1 aliphatic heterocycles. The fourth-order valence-corrected chi connectivity index (χ4v) is 6.09. The first-order valence-corrected chi connectivity index (χ1v) is 14.2. The van der Waals surface area contributed by atoms with E-state index >= 15 is 0 Å². The van der Waals surface area contributed by atoms with Gasteiger partial charge in [0.15, 0.2) is 5.82 Å². The molecule has 2 heterocycles. The number of H-pyrrole nitrogens is 1. The van der Waals surface area contributed by atoms with E-state index in [-0.39, 0.29) is 30.7 Å². The normalized spacial score (nSPS) is 19.9. The Morgan fingerprint density at radius 1 is 1.21 bits per heavy atom. The smallest absolute Gasteiger partial charge is 0.251 e. The first-order valence-electron chi connectivity index (χ1n) is 14.2. The van der Waals surface area contributed by atoms with E-state index < -0.39 is 17.1 Å². The second kappa shape index (κ2) is 12.0. The number of halogens is 1. The van der Waals surface area contributed by atoms with E-state index in [1.54, 1.807) is 30.9 Å². The highest BCUT2D eigenvalue weighted by molar-refractivity contribution is 5.94. The average Bonchev–Trinajstić information content (AvgIpc) is 3.66. The summed E-state index contributed by atoms with van der Waals surface area (Å²) in [5.41, 5.74) is 1.82. The number of nitrogens with one attached hydrogen (secondary N) is 3. The highest BCUT2D eigenvalue weighted by Gasteiger charge is 2.44. The van der Waals surface area contributed by atoms with E-state index in [1.807, 2.05) is 12.1 Å². The summed E-state index contributed by atoms with van der Waals surface area (Å²) in [5.74, 6) is -0.390. The molecule has 0 radical (unpaired) electrons. The number of carbonyl (C=O) groups is 2. The molecular weight excluding hydrogens is 539 g/mol. The first kappa shape index (κ1) is 29.3. The van der Waals surface area contributed by atoms with E-state index in [9.17, 15) is 24.3 Å². The van der Waals surface area contributed by atoms with Crippen LogP contribution in [-0.4, -0.2) is 80.3 Å². The predicted molar refractivity (Wildman–Crippen MR) is 151 cm³/mol. The maximum Gasteiger partial charge on any atom is 0.251 e. The standard InChI is InChI=1S/C30H35FN8O3/c1-29(2,42)18-34-27(41)21-7-9-24-19(14-21)5-6-20-15-22(31)8-10-25(20)30(24,28-35-37-38-36-28)11-12-33-17-26(40)39-13-3-4-23(39)16-32/h7-10,14-15,23,33,42H,3-6,11-13,17-18H2,1-2H3,(H,34,41)(H,35,36,37,38)/t23-,30?/m0/s1. The summed E-state index contributed by atoms with van der Waals surface area (Å²) in [7, 11) is 0. The lowest BCUT2D eigenvalue weighted by Gasteiger charge is -2.34. The van der Waals surface area contributed by atoms with Crippen LogP contribution in [0.2, 0.25) is 0 Å². The van der Waals surface area contributed by atoms with Crippen molar-refractivity contribution in [2.75, 3.05) is 26.2 Å². The average molecular weight is 575 g/mol. The summed E-state index contributed by atoms with van der Waals surface area (Å²) in [6.45, 7) is 4.36. The molecular formula is C30H35FN8O3. The van der Waals surface area contributed by atoms with Crippen molar-refractivity contribution in [3.63, 3.8) is 0 Å². The van der Waals surface area contributed by atoms with Crippen molar-refractivity contribution >= 4 is 11.8 Å². The molecule has 4 N–H and O–H groups in total. The Morgan fingerprint density at radius 3 is 2.64 bits per heavy atom. The zero-order valence-corrected chi connectivity index (χ0v) is 23.8. The largest absolute Gasteiger partial charge is 0.389 e. The van der Waals surface area contributed by atoms with Crippen LogP contribution in [0.3, 0.4) is 0 Å². The third-order valence-electron chi connectivity index (χ3n) is 8.10. The number of aryl methyl sites for hydroxylation is 2. The summed E-state index contributed by atoms with van der Waals surface area (Å²) in [4.78, 5) is 27.4. The number of aliphatic hydroxyl groups is 1. The third kappa shape index (κ3) is 5.89. The Bertz CT molecular complexity index is 1500. The number of fused-ring (bicyclic) bond motifs is 2. The van der Waals surface area contributed by atoms with Crippen LogP contribution >= 0.6 is 0 Å². The fourth-order valence-electron chi connectivity index (χ4n) is 6.09. The monoisotopic (exact) mass is 574 g/mol. The van der Waals surface area contributed by atoms with Crippen LogP contribution in [0.5, 0.6) is 0 Å². The molecule has 0 bridgehead atoms. The van der Waals surface area contributed by atoms with Crippen molar-refractivity contribution in [1.82, 2.24) is 36.2 Å². The molecule has 3 aromatic rings. The van der Waals surface area contributed by atoms with Crippen LogP contribution in [-0.2, 0) is 23.1 Å². The lowest BCUT2D eigenvalue weighted by molar-refractivity contribution is -0.130. The number of amides is 2. The van der Waals surface area contributed by atoms with E-state index in [4.69, 9.17) is 0 Å². The molecule has 0 spiro atoms. The highest BCUT2D eigenvalue weighted by Crippen LogP contribution is 2.46. The summed E-state index contributed by atoms with van der Waals surface area (Å²) >= 11 is 0. The van der Waals surface area contributed by atoms with E-state index in [2.05, 4.69) is 37.3 Å². The van der Waals surface area contributed by atoms with E-state index in [0.717, 1.165) is 28.7 Å². The Labute approximate surface area is 243 Å². The molecule has 2 amide bonds. The number of nitrogens with zero attached hydrogens (tertiary/aromatic N) is 5. The second-order valence-electron chi connectivity index (χ2n) is 11.6. The van der Waals surface area contributed by atoms with Gasteiger partial charge in [-0.2, -0.15) is 10.5 Å². The lowest BCUT2D eigenvalue weighted by Crippen LogP contribution is -2.42. The number of aromatic nitrogens is 4. The maximum atomic E-state index is 14.5. The van der Waals surface area contributed by atoms with Gasteiger partial charge in [-0.1, -0.05) is 17.3 Å². The number of tetrazole rings is 1. The third-order valence-corrected chi connectivity index (χ3v) is 8.10. The summed E-state index contributed by atoms with van der Waals surface area (Å²) < 4.78 is 14.5. The van der Waals surface area contributed by atoms with Gasteiger partial charge < -0.3 is 20.6 Å². The van der Waals surface area contributed by atoms with E-state index in [0.29, 0.717) is 50.2 Å². The minimum Gasteiger partial charge on any atom is -0.389 e. The minimum absolute atomic E-state index is 0.0734. The van der Waals surface area contributed by atoms with Gasteiger partial charge >= 0.3 is 0 Å². The van der Waals surface area contributed by atoms with Gasteiger partial charge in [0.05, 0.1) is 23.6 Å². The predicted octanol–water partition coefficient (Wildman–Crippen LogP) is 1.77. The number of carbonyl (C=O) groups excluding carboxylic acids is 2. The number of aromatic amines is 1. The Morgan fingerprint density at radius 2 is 1.95 bits per heavy atom. The summed E-state index contributed by atoms with van der Waals surface area (Å²) in [5, 5.41) is 40.6. The van der Waals surface area contributed by atoms with E-state index in [1.165, 1.54) is 12.1 Å². The van der Waals surface area contributed by atoms with Crippen molar-refractivity contribution in [2.45, 2.75) is 63.0 Å². The van der Waals surface area contributed by atoms with Crippen molar-refractivity contribution in [2.24, 2.45) is 0 Å².